The Hall–Kier alpha value is -2.96. The summed E-state index contributed by atoms with van der Waals surface area (Å²) in [5, 5.41) is 82.7. The number of ether oxygens (including phenoxy) is 5. The van der Waals surface area contributed by atoms with Crippen molar-refractivity contribution in [3.63, 3.8) is 0 Å². The average Bonchev–Trinajstić information content (AvgIpc) is 4.05. The monoisotopic (exact) mass is 951 g/mol. The van der Waals surface area contributed by atoms with Crippen molar-refractivity contribution in [2.75, 3.05) is 45.3 Å². The molecule has 7 fully saturated rings. The second-order valence-electron chi connectivity index (χ2n) is 20.1. The fourth-order valence-corrected chi connectivity index (χ4v) is 14.6. The minimum Gasteiger partial charge on any atom is -0.458 e. The molecule has 8 rings (SSSR count). The van der Waals surface area contributed by atoms with E-state index in [0.29, 0.717) is 43.9 Å². The standard InChI is InChI=1S/C45H69N5O15S/c1-24-37(55)38(56)39(57)40(64-24)65-26-7-10-43(29-18-32(51)42(2)27(25-17-35(54)63-20-25)9-12-45(42,60)28(29)8-11-44(43,59)19-26)23-47-50-34(53)21-62-16-15-61-14-13-46-33(52)6-4-3-5-31-36-30(22-66-31)48-41(58)49-36/h17,23-24,26-32,36-40,51,55-57,59-60H,3-16,18-22H2,1-2H3,(H,46,52)(H,50,53)(H2,48,49,58)/b47-23+/t24-,26+,27-,28-,29+,30+,31+,32-,36+,37+,38-,39-,40+,42+,43+,44+,45+/m1/s1. The molecule has 3 saturated heterocycles. The van der Waals surface area contributed by atoms with Crippen LogP contribution in [-0.2, 0) is 38.1 Å². The Labute approximate surface area is 388 Å². The molecule has 4 amide bonds. The first-order chi connectivity index (χ1) is 31.5. The van der Waals surface area contributed by atoms with Gasteiger partial charge >= 0.3 is 12.0 Å². The molecule has 10 N–H and O–H groups in total. The van der Waals surface area contributed by atoms with Gasteiger partial charge in [0.05, 0.1) is 61.4 Å². The average molecular weight is 952 g/mol. The highest BCUT2D eigenvalue weighted by Gasteiger charge is 2.73. The van der Waals surface area contributed by atoms with Crippen LogP contribution in [0.1, 0.15) is 90.9 Å². The molecular weight excluding hydrogens is 883 g/mol. The van der Waals surface area contributed by atoms with Gasteiger partial charge in [0.15, 0.2) is 6.29 Å². The third-order valence-electron chi connectivity index (χ3n) is 16.6. The summed E-state index contributed by atoms with van der Waals surface area (Å²) in [7, 11) is 0. The number of esters is 1. The van der Waals surface area contributed by atoms with Gasteiger partial charge in [0, 0.05) is 53.5 Å². The van der Waals surface area contributed by atoms with Gasteiger partial charge in [-0.3, -0.25) is 9.59 Å². The van der Waals surface area contributed by atoms with Crippen LogP contribution in [0.2, 0.25) is 0 Å². The summed E-state index contributed by atoms with van der Waals surface area (Å²) in [6.45, 7) is 4.14. The van der Waals surface area contributed by atoms with E-state index in [-0.39, 0.29) is 94.6 Å². The van der Waals surface area contributed by atoms with Crippen LogP contribution in [0.25, 0.3) is 0 Å². The molecule has 370 valence electrons. The normalized spacial score (nSPS) is 43.8. The topological polar surface area (TPSA) is 296 Å². The number of thioether (sulfide) groups is 1. The molecule has 21 heteroatoms. The predicted octanol–water partition coefficient (Wildman–Crippen LogP) is -0.501. The number of nitrogens with zero attached hydrogens (tertiary/aromatic N) is 1. The lowest BCUT2D eigenvalue weighted by Crippen LogP contribution is -2.71. The number of carbonyl (C=O) groups excluding carboxylic acids is 4. The summed E-state index contributed by atoms with van der Waals surface area (Å²) < 4.78 is 28.3. The van der Waals surface area contributed by atoms with Crippen LogP contribution in [0, 0.1) is 28.6 Å². The zero-order valence-electron chi connectivity index (χ0n) is 37.8. The number of rotatable bonds is 18. The molecule has 4 saturated carbocycles. The van der Waals surface area contributed by atoms with E-state index in [1.54, 1.807) is 13.1 Å². The van der Waals surface area contributed by atoms with Gasteiger partial charge in [0.25, 0.3) is 5.91 Å². The number of hydrazone groups is 1. The largest absolute Gasteiger partial charge is 0.458 e. The molecule has 0 aromatic carbocycles. The highest BCUT2D eigenvalue weighted by molar-refractivity contribution is 8.00. The third kappa shape index (κ3) is 9.39. The maximum Gasteiger partial charge on any atom is 0.331 e. The van der Waals surface area contributed by atoms with E-state index in [1.165, 1.54) is 6.08 Å². The van der Waals surface area contributed by atoms with Crippen molar-refractivity contribution in [1.82, 2.24) is 21.4 Å². The number of fused-ring (bicyclic) bond motifs is 6. The van der Waals surface area contributed by atoms with E-state index < -0.39 is 82.7 Å². The molecule has 0 aromatic heterocycles. The van der Waals surface area contributed by atoms with Crippen LogP contribution in [0.3, 0.4) is 0 Å². The van der Waals surface area contributed by atoms with E-state index >= 15 is 0 Å². The van der Waals surface area contributed by atoms with Gasteiger partial charge in [-0.1, -0.05) is 13.3 Å². The number of unbranched alkanes of at least 4 members (excludes halogenated alkanes) is 1. The SMILES string of the molecule is C[C@H]1O[C@@H](O[C@H]2CC[C@]3(/C=N/NC(=O)COCCOCCNC(=O)CCCC[C@@H]4SC[C@@H]5NC(=O)N[C@@H]54)[C@H]4C[C@@H](O)[C@]5(C)[C@@H](C6=CC(=O)OC6)CC[C@]5(O)[C@@H]4CC[C@]3(O)C2)[C@H](O)[C@H](O)[C@H]1O. The van der Waals surface area contributed by atoms with Crippen LogP contribution in [0.4, 0.5) is 4.79 Å². The molecule has 0 radical (unpaired) electrons. The second kappa shape index (κ2) is 20.2. The Balaban J connectivity index is 0.830. The summed E-state index contributed by atoms with van der Waals surface area (Å²) in [6, 6.07) is 0.246. The van der Waals surface area contributed by atoms with Crippen LogP contribution in [-0.4, -0.2) is 177 Å². The minimum absolute atomic E-state index is 0.0542. The Morgan fingerprint density at radius 2 is 1.77 bits per heavy atom. The molecule has 0 spiro atoms. The Kier molecular flexibility index (Phi) is 15.1. The Morgan fingerprint density at radius 1 is 0.970 bits per heavy atom. The molecule has 4 heterocycles. The molecule has 17 atom stereocenters. The van der Waals surface area contributed by atoms with Crippen molar-refractivity contribution in [2.24, 2.45) is 33.7 Å². The first kappa shape index (κ1) is 49.5. The van der Waals surface area contributed by atoms with Gasteiger partial charge in [-0.25, -0.2) is 15.0 Å². The highest BCUT2D eigenvalue weighted by atomic mass is 32.2. The van der Waals surface area contributed by atoms with E-state index in [4.69, 9.17) is 23.7 Å². The minimum atomic E-state index is -1.53. The number of hydrogen-bond acceptors (Lipinski definition) is 17. The lowest BCUT2D eigenvalue weighted by molar-refractivity contribution is -0.317. The number of cyclic esters (lactones) is 1. The third-order valence-corrected chi connectivity index (χ3v) is 18.1. The van der Waals surface area contributed by atoms with Gasteiger partial charge in [-0.2, -0.15) is 16.9 Å². The molecule has 0 aromatic rings. The lowest BCUT2D eigenvalue weighted by atomic mass is 9.41. The lowest BCUT2D eigenvalue weighted by Gasteiger charge is -2.66. The van der Waals surface area contributed by atoms with Crippen molar-refractivity contribution in [3.8, 4) is 0 Å². The van der Waals surface area contributed by atoms with E-state index in [2.05, 4.69) is 26.5 Å². The van der Waals surface area contributed by atoms with Crippen molar-refractivity contribution in [2.45, 2.75) is 162 Å². The highest BCUT2D eigenvalue weighted by Crippen LogP contribution is 2.70. The van der Waals surface area contributed by atoms with Crippen molar-refractivity contribution in [1.29, 1.82) is 0 Å². The van der Waals surface area contributed by atoms with Gasteiger partial charge < -0.3 is 70.3 Å². The van der Waals surface area contributed by atoms with Crippen molar-refractivity contribution >= 4 is 41.8 Å². The zero-order valence-corrected chi connectivity index (χ0v) is 38.6. The summed E-state index contributed by atoms with van der Waals surface area (Å²) in [5.74, 6) is -1.30. The second-order valence-corrected chi connectivity index (χ2v) is 21.3. The Morgan fingerprint density at radius 3 is 2.56 bits per heavy atom. The smallest absolute Gasteiger partial charge is 0.331 e. The molecular formula is C45H69N5O15S. The molecule has 0 bridgehead atoms. The van der Waals surface area contributed by atoms with Crippen LogP contribution < -0.4 is 21.4 Å². The van der Waals surface area contributed by atoms with Crippen LogP contribution in [0.5, 0.6) is 0 Å². The number of amides is 4. The van der Waals surface area contributed by atoms with E-state index in [9.17, 15) is 49.8 Å². The molecule has 8 aliphatic rings. The van der Waals surface area contributed by atoms with Gasteiger partial charge in [-0.05, 0) is 88.0 Å². The van der Waals surface area contributed by atoms with Crippen LogP contribution in [0.15, 0.2) is 16.8 Å². The number of nitrogens with one attached hydrogen (secondary N) is 4. The van der Waals surface area contributed by atoms with Crippen molar-refractivity contribution < 1.29 is 73.5 Å². The van der Waals surface area contributed by atoms with E-state index in [1.807, 2.05) is 18.7 Å². The van der Waals surface area contributed by atoms with Gasteiger partial charge in [-0.15, -0.1) is 0 Å². The molecule has 20 nitrogen and oxygen atoms in total. The van der Waals surface area contributed by atoms with E-state index in [0.717, 1.165) is 30.6 Å². The first-order valence-corrected chi connectivity index (χ1v) is 24.8. The Bertz CT molecular complexity index is 1860. The quantitative estimate of drug-likeness (QED) is 0.0207. The maximum absolute atomic E-state index is 13.0. The molecule has 4 aliphatic carbocycles. The number of urea groups is 1. The number of aliphatic hydroxyl groups excluding tert-OH is 4. The van der Waals surface area contributed by atoms with Crippen LogP contribution >= 0.6 is 11.8 Å². The van der Waals surface area contributed by atoms with Crippen molar-refractivity contribution in [3.05, 3.63) is 11.6 Å². The van der Waals surface area contributed by atoms with Gasteiger partial charge in [0.2, 0.25) is 5.91 Å². The molecule has 66 heavy (non-hydrogen) atoms. The summed E-state index contributed by atoms with van der Waals surface area (Å²) >= 11 is 1.86. The fraction of sp³-hybridized carbons (Fsp3) is 0.844. The first-order valence-electron chi connectivity index (χ1n) is 23.8. The summed E-state index contributed by atoms with van der Waals surface area (Å²) in [5.41, 5.74) is -1.74. The number of aliphatic hydroxyl groups is 6. The maximum atomic E-state index is 13.0. The molecule has 4 aliphatic heterocycles. The fourth-order valence-electron chi connectivity index (χ4n) is 13.0. The summed E-state index contributed by atoms with van der Waals surface area (Å²) in [6.07, 6.45) is 0.352. The molecule has 0 unspecified atom stereocenters. The number of hydrogen-bond donors (Lipinski definition) is 10. The zero-order chi connectivity index (χ0) is 47.0. The van der Waals surface area contributed by atoms with Gasteiger partial charge in [0.1, 0.15) is 31.5 Å². The number of carbonyl (C=O) groups is 4. The predicted molar refractivity (Wildman–Crippen MR) is 235 cm³/mol. The summed E-state index contributed by atoms with van der Waals surface area (Å²) in [4.78, 5) is 49.0.